The molecule has 13 heavy (non-hydrogen) atoms. The Labute approximate surface area is 77.7 Å². The van der Waals surface area contributed by atoms with Gasteiger partial charge in [0.1, 0.15) is 0 Å². The molecule has 1 fully saturated rings. The number of nitrogens with one attached hydrogen (secondary N) is 1. The third kappa shape index (κ3) is 3.20. The SMILES string of the molecule is COCC(O)CCN1CCNC1=O. The highest BCUT2D eigenvalue weighted by atomic mass is 16.5. The molecule has 2 N–H and O–H groups in total. The highest BCUT2D eigenvalue weighted by Gasteiger charge is 2.19. The van der Waals surface area contributed by atoms with E-state index < -0.39 is 6.10 Å². The Morgan fingerprint density at radius 1 is 1.77 bits per heavy atom. The van der Waals surface area contributed by atoms with E-state index in [1.807, 2.05) is 0 Å². The lowest BCUT2D eigenvalue weighted by Crippen LogP contribution is -2.31. The number of aliphatic hydroxyl groups excluding tert-OH is 1. The van der Waals surface area contributed by atoms with Gasteiger partial charge in [0.15, 0.2) is 0 Å². The van der Waals surface area contributed by atoms with Crippen LogP contribution in [0.3, 0.4) is 0 Å². The first-order valence-electron chi connectivity index (χ1n) is 4.44. The summed E-state index contributed by atoms with van der Waals surface area (Å²) in [5.74, 6) is 0. The van der Waals surface area contributed by atoms with Gasteiger partial charge in [-0.3, -0.25) is 0 Å². The van der Waals surface area contributed by atoms with Crippen LogP contribution in [0.4, 0.5) is 4.79 Å². The summed E-state index contributed by atoms with van der Waals surface area (Å²) in [5.41, 5.74) is 0. The summed E-state index contributed by atoms with van der Waals surface area (Å²) in [6.07, 6.45) is 0.0970. The van der Waals surface area contributed by atoms with Crippen LogP contribution in [0.5, 0.6) is 0 Å². The van der Waals surface area contributed by atoms with E-state index >= 15 is 0 Å². The minimum absolute atomic E-state index is 0.0374. The fraction of sp³-hybridized carbons (Fsp3) is 0.875. The molecular formula is C8H16N2O3. The van der Waals surface area contributed by atoms with Crippen molar-refractivity contribution in [1.82, 2.24) is 10.2 Å². The number of ether oxygens (including phenoxy) is 1. The summed E-state index contributed by atoms with van der Waals surface area (Å²) >= 11 is 0. The second-order valence-corrected chi connectivity index (χ2v) is 3.12. The largest absolute Gasteiger partial charge is 0.391 e. The van der Waals surface area contributed by atoms with Gasteiger partial charge in [0, 0.05) is 26.7 Å². The summed E-state index contributed by atoms with van der Waals surface area (Å²) in [6.45, 7) is 2.36. The van der Waals surface area contributed by atoms with E-state index in [1.165, 1.54) is 0 Å². The molecule has 5 nitrogen and oxygen atoms in total. The third-order valence-corrected chi connectivity index (χ3v) is 2.04. The van der Waals surface area contributed by atoms with Gasteiger partial charge < -0.3 is 20.1 Å². The molecule has 5 heteroatoms. The van der Waals surface area contributed by atoms with Crippen LogP contribution in [0.15, 0.2) is 0 Å². The quantitative estimate of drug-likeness (QED) is 0.606. The fourth-order valence-electron chi connectivity index (χ4n) is 1.31. The van der Waals surface area contributed by atoms with Gasteiger partial charge in [-0.2, -0.15) is 0 Å². The normalized spacial score (nSPS) is 18.9. The first-order valence-corrected chi connectivity index (χ1v) is 4.44. The number of nitrogens with zero attached hydrogens (tertiary/aromatic N) is 1. The second kappa shape index (κ2) is 5.04. The van der Waals surface area contributed by atoms with Crippen molar-refractivity contribution in [2.24, 2.45) is 0 Å². The predicted molar refractivity (Wildman–Crippen MR) is 47.5 cm³/mol. The molecule has 0 saturated carbocycles. The van der Waals surface area contributed by atoms with Crippen molar-refractivity contribution in [3.05, 3.63) is 0 Å². The van der Waals surface area contributed by atoms with Gasteiger partial charge in [0.25, 0.3) is 0 Å². The van der Waals surface area contributed by atoms with Gasteiger partial charge in [-0.15, -0.1) is 0 Å². The second-order valence-electron chi connectivity index (χ2n) is 3.12. The van der Waals surface area contributed by atoms with Crippen molar-refractivity contribution < 1.29 is 14.6 Å². The smallest absolute Gasteiger partial charge is 0.317 e. The number of amides is 2. The van der Waals surface area contributed by atoms with Crippen molar-refractivity contribution in [1.29, 1.82) is 0 Å². The van der Waals surface area contributed by atoms with Crippen LogP contribution < -0.4 is 5.32 Å². The van der Waals surface area contributed by atoms with Crippen molar-refractivity contribution >= 4 is 6.03 Å². The molecule has 0 radical (unpaired) electrons. The van der Waals surface area contributed by atoms with E-state index in [9.17, 15) is 9.90 Å². The van der Waals surface area contributed by atoms with Gasteiger partial charge in [-0.25, -0.2) is 4.79 Å². The third-order valence-electron chi connectivity index (χ3n) is 2.04. The standard InChI is InChI=1S/C8H16N2O3/c1-13-6-7(11)2-4-10-5-3-9-8(10)12/h7,11H,2-6H2,1H3,(H,9,12). The molecule has 1 unspecified atom stereocenters. The Morgan fingerprint density at radius 2 is 2.54 bits per heavy atom. The fourth-order valence-corrected chi connectivity index (χ4v) is 1.31. The average Bonchev–Trinajstić information content (AvgIpc) is 2.48. The maximum atomic E-state index is 11.0. The molecule has 1 aliphatic heterocycles. The summed E-state index contributed by atoms with van der Waals surface area (Å²) in [4.78, 5) is 12.7. The lowest BCUT2D eigenvalue weighted by molar-refractivity contribution is 0.0550. The summed E-state index contributed by atoms with van der Waals surface area (Å²) < 4.78 is 4.78. The Bertz CT molecular complexity index is 175. The monoisotopic (exact) mass is 188 g/mol. The van der Waals surface area contributed by atoms with E-state index in [1.54, 1.807) is 12.0 Å². The molecule has 0 spiro atoms. The van der Waals surface area contributed by atoms with Gasteiger partial charge in [0.2, 0.25) is 0 Å². The zero-order chi connectivity index (χ0) is 9.68. The molecule has 0 aromatic carbocycles. The van der Waals surface area contributed by atoms with E-state index in [4.69, 9.17) is 4.74 Å². The maximum absolute atomic E-state index is 11.0. The number of aliphatic hydroxyl groups is 1. The summed E-state index contributed by atoms with van der Waals surface area (Å²) in [7, 11) is 1.55. The minimum Gasteiger partial charge on any atom is -0.391 e. The molecule has 2 amide bonds. The van der Waals surface area contributed by atoms with E-state index in [-0.39, 0.29) is 6.03 Å². The number of methoxy groups -OCH3 is 1. The van der Waals surface area contributed by atoms with Crippen LogP contribution in [0.1, 0.15) is 6.42 Å². The molecule has 1 saturated heterocycles. The highest BCUT2D eigenvalue weighted by Crippen LogP contribution is 2.00. The lowest BCUT2D eigenvalue weighted by atomic mass is 10.2. The Kier molecular flexibility index (Phi) is 3.98. The molecule has 0 aromatic heterocycles. The van der Waals surface area contributed by atoms with E-state index in [2.05, 4.69) is 5.32 Å². The lowest BCUT2D eigenvalue weighted by Gasteiger charge is -2.16. The highest BCUT2D eigenvalue weighted by molar-refractivity contribution is 5.76. The van der Waals surface area contributed by atoms with Crippen molar-refractivity contribution in [2.75, 3.05) is 33.4 Å². The van der Waals surface area contributed by atoms with Crippen LogP contribution in [-0.4, -0.2) is 55.5 Å². The zero-order valence-electron chi connectivity index (χ0n) is 7.82. The first-order chi connectivity index (χ1) is 6.24. The van der Waals surface area contributed by atoms with Gasteiger partial charge >= 0.3 is 6.03 Å². The van der Waals surface area contributed by atoms with Crippen molar-refractivity contribution in [3.8, 4) is 0 Å². The van der Waals surface area contributed by atoms with E-state index in [0.717, 1.165) is 6.54 Å². The first kappa shape index (κ1) is 10.3. The molecule has 1 aliphatic rings. The molecular weight excluding hydrogens is 172 g/mol. The zero-order valence-corrected chi connectivity index (χ0v) is 7.82. The number of hydrogen-bond acceptors (Lipinski definition) is 3. The number of urea groups is 1. The van der Waals surface area contributed by atoms with Crippen LogP contribution in [-0.2, 0) is 4.74 Å². The molecule has 1 rings (SSSR count). The molecule has 0 bridgehead atoms. The molecule has 0 aliphatic carbocycles. The number of carbonyl (C=O) groups is 1. The number of hydrogen-bond donors (Lipinski definition) is 2. The number of carbonyl (C=O) groups excluding carboxylic acids is 1. The molecule has 1 heterocycles. The van der Waals surface area contributed by atoms with E-state index in [0.29, 0.717) is 26.1 Å². The number of rotatable bonds is 5. The Morgan fingerprint density at radius 3 is 3.08 bits per heavy atom. The summed E-state index contributed by atoms with van der Waals surface area (Å²) in [5, 5.41) is 12.0. The maximum Gasteiger partial charge on any atom is 0.317 e. The average molecular weight is 188 g/mol. The van der Waals surface area contributed by atoms with Gasteiger partial charge in [0.05, 0.1) is 12.7 Å². The van der Waals surface area contributed by atoms with Gasteiger partial charge in [-0.05, 0) is 6.42 Å². The summed E-state index contributed by atoms with van der Waals surface area (Å²) in [6, 6.07) is -0.0374. The van der Waals surface area contributed by atoms with Crippen molar-refractivity contribution in [2.45, 2.75) is 12.5 Å². The molecule has 76 valence electrons. The van der Waals surface area contributed by atoms with Crippen LogP contribution in [0.25, 0.3) is 0 Å². The molecule has 1 atom stereocenters. The van der Waals surface area contributed by atoms with Crippen molar-refractivity contribution in [3.63, 3.8) is 0 Å². The van der Waals surface area contributed by atoms with Gasteiger partial charge in [-0.1, -0.05) is 0 Å². The van der Waals surface area contributed by atoms with Crippen LogP contribution in [0.2, 0.25) is 0 Å². The van der Waals surface area contributed by atoms with Crippen LogP contribution >= 0.6 is 0 Å². The molecule has 0 aromatic rings. The minimum atomic E-state index is -0.474. The Hall–Kier alpha value is -0.810. The topological polar surface area (TPSA) is 61.8 Å². The van der Waals surface area contributed by atoms with Crippen LogP contribution in [0, 0.1) is 0 Å². The Balaban J connectivity index is 2.14. The predicted octanol–water partition coefficient (Wildman–Crippen LogP) is -0.591.